The van der Waals surface area contributed by atoms with Crippen molar-refractivity contribution in [2.75, 3.05) is 55.1 Å². The van der Waals surface area contributed by atoms with E-state index in [4.69, 9.17) is 0 Å². The predicted molar refractivity (Wildman–Crippen MR) is 125 cm³/mol. The van der Waals surface area contributed by atoms with Crippen LogP contribution in [0.5, 0.6) is 0 Å². The summed E-state index contributed by atoms with van der Waals surface area (Å²) >= 11 is 1.39. The summed E-state index contributed by atoms with van der Waals surface area (Å²) in [5, 5.41) is 4.21. The molecule has 2 aliphatic rings. The number of hydrogen-bond donors (Lipinski definition) is 1. The average molecular weight is 501 g/mol. The number of carbonyl (C=O) groups excluding carboxylic acids is 1. The highest BCUT2D eigenvalue weighted by Crippen LogP contribution is 2.35. The minimum atomic E-state index is -4.44. The summed E-state index contributed by atoms with van der Waals surface area (Å²) in [5.41, 5.74) is 0.606. The predicted octanol–water partition coefficient (Wildman–Crippen LogP) is 4.32. The molecule has 0 atom stereocenters. The molecule has 34 heavy (non-hydrogen) atoms. The standard InChI is InChI=1S/C22H28F4N6OS/c1-34-28-20-6-9-32(27-20)21(33)31-12-10-29(11-13-31)15-16-2-3-17(22(24,25)26)14-19(16)30-7-4-18(23)5-8-30/h2-3,6,9,14,18H,4-5,7-8,10-13,15H2,1H3,(H,27,28). The molecular formula is C22H28F4N6OS. The quantitative estimate of drug-likeness (QED) is 0.488. The zero-order valence-corrected chi connectivity index (χ0v) is 19.7. The molecule has 4 rings (SSSR count). The number of carbonyl (C=O) groups is 1. The largest absolute Gasteiger partial charge is 0.416 e. The van der Waals surface area contributed by atoms with Crippen molar-refractivity contribution in [3.05, 3.63) is 41.6 Å². The molecule has 1 N–H and O–H groups in total. The third-order valence-electron chi connectivity index (χ3n) is 6.21. The highest BCUT2D eigenvalue weighted by Gasteiger charge is 2.33. The normalized spacial score (nSPS) is 18.4. The topological polar surface area (TPSA) is 56.6 Å². The smallest absolute Gasteiger partial charge is 0.371 e. The summed E-state index contributed by atoms with van der Waals surface area (Å²) in [6.45, 7) is 3.44. The lowest BCUT2D eigenvalue weighted by Gasteiger charge is -2.36. The number of nitrogens with one attached hydrogen (secondary N) is 1. The van der Waals surface area contributed by atoms with Gasteiger partial charge < -0.3 is 14.5 Å². The fourth-order valence-electron chi connectivity index (χ4n) is 4.33. The van der Waals surface area contributed by atoms with E-state index in [9.17, 15) is 22.4 Å². The van der Waals surface area contributed by atoms with Gasteiger partial charge in [-0.3, -0.25) is 4.90 Å². The second kappa shape index (κ2) is 10.4. The molecule has 186 valence electrons. The van der Waals surface area contributed by atoms with Crippen LogP contribution in [-0.2, 0) is 12.7 Å². The van der Waals surface area contributed by atoms with Crippen LogP contribution >= 0.6 is 11.9 Å². The molecule has 2 saturated heterocycles. The zero-order chi connectivity index (χ0) is 24.3. The van der Waals surface area contributed by atoms with Gasteiger partial charge in [-0.15, -0.1) is 5.10 Å². The maximum atomic E-state index is 13.6. The Bertz CT molecular complexity index is 984. The summed E-state index contributed by atoms with van der Waals surface area (Å²) in [5.74, 6) is 0.603. The third kappa shape index (κ3) is 5.77. The summed E-state index contributed by atoms with van der Waals surface area (Å²) < 4.78 is 58.0. The van der Waals surface area contributed by atoms with Crippen molar-refractivity contribution in [2.45, 2.75) is 31.7 Å². The maximum absolute atomic E-state index is 13.6. The summed E-state index contributed by atoms with van der Waals surface area (Å²) in [6, 6.07) is 5.34. The molecule has 0 bridgehead atoms. The molecule has 1 aromatic heterocycles. The molecule has 1 amide bonds. The van der Waals surface area contributed by atoms with Crippen LogP contribution < -0.4 is 9.62 Å². The van der Waals surface area contributed by atoms with Crippen molar-refractivity contribution in [3.8, 4) is 0 Å². The Labute approximate surface area is 200 Å². The van der Waals surface area contributed by atoms with Gasteiger partial charge in [0.05, 0.1) is 5.56 Å². The number of anilines is 2. The molecule has 1 aromatic carbocycles. The zero-order valence-electron chi connectivity index (χ0n) is 18.9. The Hall–Kier alpha value is -2.47. The van der Waals surface area contributed by atoms with Crippen LogP contribution in [0.2, 0.25) is 0 Å². The van der Waals surface area contributed by atoms with E-state index in [-0.39, 0.29) is 6.03 Å². The van der Waals surface area contributed by atoms with Gasteiger partial charge in [0.25, 0.3) is 0 Å². The molecule has 0 radical (unpaired) electrons. The van der Waals surface area contributed by atoms with Crippen molar-refractivity contribution in [2.24, 2.45) is 0 Å². The number of hydrogen-bond acceptors (Lipinski definition) is 6. The van der Waals surface area contributed by atoms with E-state index >= 15 is 0 Å². The molecule has 12 heteroatoms. The van der Waals surface area contributed by atoms with E-state index in [2.05, 4.69) is 14.7 Å². The monoisotopic (exact) mass is 500 g/mol. The van der Waals surface area contributed by atoms with Crippen LogP contribution in [0.3, 0.4) is 0 Å². The second-order valence-electron chi connectivity index (χ2n) is 8.50. The number of rotatable bonds is 5. The fourth-order valence-corrected chi connectivity index (χ4v) is 4.65. The minimum Gasteiger partial charge on any atom is -0.371 e. The number of halogens is 4. The van der Waals surface area contributed by atoms with Gasteiger partial charge in [0, 0.05) is 70.0 Å². The number of nitrogens with zero attached hydrogens (tertiary/aromatic N) is 5. The molecule has 3 heterocycles. The van der Waals surface area contributed by atoms with Gasteiger partial charge in [-0.2, -0.15) is 17.9 Å². The van der Waals surface area contributed by atoms with Gasteiger partial charge in [0.2, 0.25) is 0 Å². The second-order valence-corrected chi connectivity index (χ2v) is 9.11. The van der Waals surface area contributed by atoms with Crippen molar-refractivity contribution in [1.82, 2.24) is 19.6 Å². The third-order valence-corrected chi connectivity index (χ3v) is 6.62. The molecule has 2 aromatic rings. The first-order valence-electron chi connectivity index (χ1n) is 11.2. The van der Waals surface area contributed by atoms with Gasteiger partial charge in [-0.25, -0.2) is 9.18 Å². The van der Waals surface area contributed by atoms with E-state index in [0.29, 0.717) is 70.2 Å². The van der Waals surface area contributed by atoms with Gasteiger partial charge >= 0.3 is 12.2 Å². The Morgan fingerprint density at radius 1 is 1.12 bits per heavy atom. The van der Waals surface area contributed by atoms with E-state index in [1.54, 1.807) is 17.2 Å². The highest BCUT2D eigenvalue weighted by molar-refractivity contribution is 7.99. The van der Waals surface area contributed by atoms with Crippen LogP contribution in [0, 0.1) is 0 Å². The lowest BCUT2D eigenvalue weighted by molar-refractivity contribution is -0.137. The maximum Gasteiger partial charge on any atom is 0.416 e. The molecule has 0 spiro atoms. The lowest BCUT2D eigenvalue weighted by atomic mass is 10.0. The first-order chi connectivity index (χ1) is 16.2. The Balaban J connectivity index is 1.42. The van der Waals surface area contributed by atoms with Crippen LogP contribution in [0.15, 0.2) is 30.5 Å². The fraction of sp³-hybridized carbons (Fsp3) is 0.545. The Morgan fingerprint density at radius 3 is 2.47 bits per heavy atom. The van der Waals surface area contributed by atoms with Crippen molar-refractivity contribution in [1.29, 1.82) is 0 Å². The molecule has 0 aliphatic carbocycles. The van der Waals surface area contributed by atoms with Crippen LogP contribution in [0.4, 0.5) is 33.9 Å². The van der Waals surface area contributed by atoms with E-state index in [0.717, 1.165) is 11.6 Å². The first-order valence-corrected chi connectivity index (χ1v) is 12.4. The molecule has 7 nitrogen and oxygen atoms in total. The Morgan fingerprint density at radius 2 is 1.82 bits per heavy atom. The molecule has 2 fully saturated rings. The number of benzene rings is 1. The van der Waals surface area contributed by atoms with Crippen LogP contribution in [0.1, 0.15) is 24.0 Å². The lowest BCUT2D eigenvalue weighted by Crippen LogP contribution is -2.49. The number of alkyl halides is 4. The van der Waals surface area contributed by atoms with Gasteiger partial charge in [0.1, 0.15) is 6.17 Å². The first kappa shape index (κ1) is 24.6. The number of aromatic nitrogens is 2. The van der Waals surface area contributed by atoms with E-state index < -0.39 is 17.9 Å². The number of amides is 1. The van der Waals surface area contributed by atoms with Crippen molar-refractivity contribution in [3.63, 3.8) is 0 Å². The summed E-state index contributed by atoms with van der Waals surface area (Å²) in [4.78, 5) is 18.4. The van der Waals surface area contributed by atoms with Gasteiger partial charge in [0.15, 0.2) is 5.82 Å². The highest BCUT2D eigenvalue weighted by atomic mass is 32.2. The molecule has 0 saturated carbocycles. The summed E-state index contributed by atoms with van der Waals surface area (Å²) in [7, 11) is 0. The molecule has 0 unspecified atom stereocenters. The van der Waals surface area contributed by atoms with Crippen LogP contribution in [0.25, 0.3) is 0 Å². The Kier molecular flexibility index (Phi) is 7.56. The number of piperidine rings is 1. The van der Waals surface area contributed by atoms with E-state index in [1.165, 1.54) is 28.8 Å². The van der Waals surface area contributed by atoms with Crippen molar-refractivity contribution >= 4 is 29.5 Å². The average Bonchev–Trinajstić information content (AvgIpc) is 3.28. The number of piperazine rings is 1. The van der Waals surface area contributed by atoms with Crippen LogP contribution in [-0.4, -0.2) is 77.3 Å². The molecular weight excluding hydrogens is 472 g/mol. The van der Waals surface area contributed by atoms with E-state index in [1.807, 2.05) is 11.2 Å². The van der Waals surface area contributed by atoms with Gasteiger partial charge in [-0.1, -0.05) is 18.0 Å². The minimum absolute atomic E-state index is 0.210. The van der Waals surface area contributed by atoms with Crippen molar-refractivity contribution < 1.29 is 22.4 Å². The summed E-state index contributed by atoms with van der Waals surface area (Å²) in [6.07, 6.45) is -1.22. The SMILES string of the molecule is CSNc1ccn(C(=O)N2CCN(Cc3ccc(C(F)(F)F)cc3N3CCC(F)CC3)CC2)n1. The van der Waals surface area contributed by atoms with Gasteiger partial charge in [-0.05, 0) is 30.5 Å². The molecule has 2 aliphatic heterocycles.